The van der Waals surface area contributed by atoms with Crippen molar-refractivity contribution in [2.24, 2.45) is 5.92 Å². The summed E-state index contributed by atoms with van der Waals surface area (Å²) in [4.78, 5) is 15.1. The number of nitrogens with zero attached hydrogens (tertiary/aromatic N) is 2. The molecule has 1 atom stereocenters. The number of hydrogen-bond acceptors (Lipinski definition) is 5. The Balaban J connectivity index is 1.95. The number of hydrogen-bond donors (Lipinski definition) is 1. The van der Waals surface area contributed by atoms with Crippen LogP contribution in [0.1, 0.15) is 52.8 Å². The second kappa shape index (κ2) is 9.16. The summed E-state index contributed by atoms with van der Waals surface area (Å²) in [6, 6.07) is 7.37. The molecule has 3 aromatic rings. The molecule has 1 N–H and O–H groups in total. The smallest absolute Gasteiger partial charge is 0.416 e. The van der Waals surface area contributed by atoms with E-state index >= 15 is 0 Å². The monoisotopic (exact) mass is 489 g/mol. The molecule has 0 fully saturated rings. The molecule has 1 aliphatic rings. The van der Waals surface area contributed by atoms with Gasteiger partial charge in [-0.15, -0.1) is 0 Å². The van der Waals surface area contributed by atoms with Crippen molar-refractivity contribution in [2.45, 2.75) is 32.5 Å². The minimum Gasteiger partial charge on any atom is -0.493 e. The van der Waals surface area contributed by atoms with Crippen LogP contribution in [0, 0.1) is 5.92 Å². The Morgan fingerprint density at radius 3 is 2.26 bits per heavy atom. The van der Waals surface area contributed by atoms with Crippen molar-refractivity contribution in [2.75, 3.05) is 26.2 Å². The van der Waals surface area contributed by atoms with Gasteiger partial charge in [-0.2, -0.15) is 18.3 Å². The van der Waals surface area contributed by atoms with Gasteiger partial charge in [-0.05, 0) is 30.0 Å². The van der Waals surface area contributed by atoms with Crippen LogP contribution in [0.25, 0.3) is 0 Å². The summed E-state index contributed by atoms with van der Waals surface area (Å²) in [6.07, 6.45) is -3.98. The number of aromatic amines is 1. The van der Waals surface area contributed by atoms with Crippen molar-refractivity contribution in [3.05, 3.63) is 64.5 Å². The molecule has 1 amide bonds. The van der Waals surface area contributed by atoms with Gasteiger partial charge in [-0.1, -0.05) is 26.0 Å². The van der Waals surface area contributed by atoms with Gasteiger partial charge >= 0.3 is 6.18 Å². The SMILES string of the molecule is COc1cc(N2C(=O)c3[nH]nc(CC(C)C)c3C2c2cccc(C(F)(F)F)c2)cc(OC)c1OC. The highest BCUT2D eigenvalue weighted by Gasteiger charge is 2.44. The predicted octanol–water partition coefficient (Wildman–Crippen LogP) is 5.40. The predicted molar refractivity (Wildman–Crippen MR) is 123 cm³/mol. The Hall–Kier alpha value is -3.69. The molecule has 1 aliphatic heterocycles. The number of halogens is 3. The van der Waals surface area contributed by atoms with Crippen LogP contribution in [0.5, 0.6) is 17.2 Å². The molecule has 0 radical (unpaired) electrons. The lowest BCUT2D eigenvalue weighted by molar-refractivity contribution is -0.137. The van der Waals surface area contributed by atoms with Gasteiger partial charge in [0.25, 0.3) is 5.91 Å². The number of methoxy groups -OCH3 is 3. The molecule has 0 saturated heterocycles. The van der Waals surface area contributed by atoms with Gasteiger partial charge in [0.1, 0.15) is 5.69 Å². The van der Waals surface area contributed by atoms with Crippen molar-refractivity contribution >= 4 is 11.6 Å². The third-order valence-electron chi connectivity index (χ3n) is 5.91. The molecule has 1 aromatic heterocycles. The van der Waals surface area contributed by atoms with E-state index in [0.717, 1.165) is 12.1 Å². The molecular weight excluding hydrogens is 463 g/mol. The topological polar surface area (TPSA) is 76.7 Å². The van der Waals surface area contributed by atoms with E-state index in [4.69, 9.17) is 14.2 Å². The number of alkyl halides is 3. The highest BCUT2D eigenvalue weighted by molar-refractivity contribution is 6.11. The Morgan fingerprint density at radius 1 is 1.06 bits per heavy atom. The Kier molecular flexibility index (Phi) is 6.40. The summed E-state index contributed by atoms with van der Waals surface area (Å²) in [5.41, 5.74) is 1.35. The summed E-state index contributed by atoms with van der Waals surface area (Å²) in [6.45, 7) is 4.02. The molecule has 10 heteroatoms. The lowest BCUT2D eigenvalue weighted by Crippen LogP contribution is -2.30. The Morgan fingerprint density at radius 2 is 1.71 bits per heavy atom. The molecule has 0 spiro atoms. The lowest BCUT2D eigenvalue weighted by atomic mass is 9.94. The molecule has 0 saturated carbocycles. The Labute approximate surface area is 200 Å². The number of aromatic nitrogens is 2. The van der Waals surface area contributed by atoms with E-state index < -0.39 is 23.7 Å². The van der Waals surface area contributed by atoms with Crippen LogP contribution in [0.4, 0.5) is 18.9 Å². The first-order valence-electron chi connectivity index (χ1n) is 11.0. The van der Waals surface area contributed by atoms with Crippen molar-refractivity contribution in [3.63, 3.8) is 0 Å². The van der Waals surface area contributed by atoms with Crippen molar-refractivity contribution in [1.29, 1.82) is 0 Å². The van der Waals surface area contributed by atoms with Crippen molar-refractivity contribution < 1.29 is 32.2 Å². The first-order valence-corrected chi connectivity index (χ1v) is 11.0. The molecule has 7 nitrogen and oxygen atoms in total. The summed E-state index contributed by atoms with van der Waals surface area (Å²) >= 11 is 0. The average molecular weight is 489 g/mol. The average Bonchev–Trinajstić information content (AvgIpc) is 3.35. The molecule has 1 unspecified atom stereocenters. The molecule has 2 heterocycles. The van der Waals surface area contributed by atoms with Crippen LogP contribution in [0.2, 0.25) is 0 Å². The number of anilines is 1. The number of carbonyl (C=O) groups is 1. The van der Waals surface area contributed by atoms with E-state index in [2.05, 4.69) is 10.2 Å². The van der Waals surface area contributed by atoms with E-state index in [1.165, 1.54) is 32.3 Å². The lowest BCUT2D eigenvalue weighted by Gasteiger charge is -2.28. The van der Waals surface area contributed by atoms with E-state index in [-0.39, 0.29) is 11.6 Å². The van der Waals surface area contributed by atoms with Crippen LogP contribution in [-0.2, 0) is 12.6 Å². The van der Waals surface area contributed by atoms with Gasteiger partial charge < -0.3 is 14.2 Å². The van der Waals surface area contributed by atoms with Gasteiger partial charge in [0.15, 0.2) is 11.5 Å². The molecule has 35 heavy (non-hydrogen) atoms. The van der Waals surface area contributed by atoms with E-state index in [1.807, 2.05) is 13.8 Å². The maximum absolute atomic E-state index is 13.6. The number of nitrogens with one attached hydrogen (secondary N) is 1. The largest absolute Gasteiger partial charge is 0.493 e. The first kappa shape index (κ1) is 24.4. The standard InChI is InChI=1S/C25H26F3N3O4/c1-13(2)9-17-20-21(30-29-17)24(32)31(16-11-18(33-3)23(35-5)19(12-16)34-4)22(20)14-7-6-8-15(10-14)25(26,27)28/h6-8,10-13,22H,9H2,1-5H3,(H,29,30). The highest BCUT2D eigenvalue weighted by Crippen LogP contribution is 2.48. The zero-order valence-corrected chi connectivity index (χ0v) is 20.0. The van der Waals surface area contributed by atoms with Gasteiger partial charge in [0.2, 0.25) is 5.75 Å². The van der Waals surface area contributed by atoms with Crippen LogP contribution in [0.3, 0.4) is 0 Å². The number of rotatable bonds is 7. The summed E-state index contributed by atoms with van der Waals surface area (Å²) in [5.74, 6) is 0.762. The molecule has 0 aliphatic carbocycles. The zero-order valence-electron chi connectivity index (χ0n) is 20.0. The zero-order chi connectivity index (χ0) is 25.5. The number of benzene rings is 2. The minimum absolute atomic E-state index is 0.217. The number of carbonyl (C=O) groups excluding carboxylic acids is 1. The molecular formula is C25H26F3N3O4. The maximum Gasteiger partial charge on any atom is 0.416 e. The van der Waals surface area contributed by atoms with E-state index in [9.17, 15) is 18.0 Å². The van der Waals surface area contributed by atoms with Crippen LogP contribution < -0.4 is 19.1 Å². The maximum atomic E-state index is 13.6. The van der Waals surface area contributed by atoms with Crippen molar-refractivity contribution in [3.8, 4) is 17.2 Å². The normalized spacial score (nSPS) is 15.5. The molecule has 186 valence electrons. The summed E-state index contributed by atoms with van der Waals surface area (Å²) in [7, 11) is 4.36. The fourth-order valence-corrected chi connectivity index (χ4v) is 4.43. The second-order valence-electron chi connectivity index (χ2n) is 8.64. The third kappa shape index (κ3) is 4.28. The Bertz CT molecular complexity index is 1230. The second-order valence-corrected chi connectivity index (χ2v) is 8.64. The van der Waals surface area contributed by atoms with Crippen molar-refractivity contribution in [1.82, 2.24) is 10.2 Å². The first-order chi connectivity index (χ1) is 16.6. The summed E-state index contributed by atoms with van der Waals surface area (Å²) < 4.78 is 57.0. The minimum atomic E-state index is -4.53. The van der Waals surface area contributed by atoms with Gasteiger partial charge in [0.05, 0.1) is 44.3 Å². The van der Waals surface area contributed by atoms with Crippen LogP contribution >= 0.6 is 0 Å². The molecule has 2 aromatic carbocycles. The number of ether oxygens (including phenoxy) is 3. The highest BCUT2D eigenvalue weighted by atomic mass is 19.4. The molecule has 0 bridgehead atoms. The fourth-order valence-electron chi connectivity index (χ4n) is 4.43. The van der Waals surface area contributed by atoms with Gasteiger partial charge in [-0.25, -0.2) is 0 Å². The number of H-pyrrole nitrogens is 1. The fraction of sp³-hybridized carbons (Fsp3) is 0.360. The van der Waals surface area contributed by atoms with Crippen LogP contribution in [0.15, 0.2) is 36.4 Å². The van der Waals surface area contributed by atoms with Gasteiger partial charge in [-0.3, -0.25) is 14.8 Å². The van der Waals surface area contributed by atoms with Crippen LogP contribution in [-0.4, -0.2) is 37.4 Å². The number of fused-ring (bicyclic) bond motifs is 1. The molecule has 4 rings (SSSR count). The van der Waals surface area contributed by atoms with Gasteiger partial charge in [0, 0.05) is 17.7 Å². The van der Waals surface area contributed by atoms with E-state index in [1.54, 1.807) is 18.2 Å². The van der Waals surface area contributed by atoms with E-state index in [0.29, 0.717) is 46.2 Å². The quantitative estimate of drug-likeness (QED) is 0.481. The third-order valence-corrected chi connectivity index (χ3v) is 5.91. The summed E-state index contributed by atoms with van der Waals surface area (Å²) in [5, 5.41) is 7.15. The number of amides is 1.